The van der Waals surface area contributed by atoms with Gasteiger partial charge in [-0.05, 0) is 18.1 Å². The summed E-state index contributed by atoms with van der Waals surface area (Å²) in [5, 5.41) is 2.81. The summed E-state index contributed by atoms with van der Waals surface area (Å²) < 4.78 is 0. The van der Waals surface area contributed by atoms with Crippen LogP contribution in [-0.4, -0.2) is 35.8 Å². The molecule has 108 valence electrons. The number of nitrogens with one attached hydrogen (secondary N) is 1. The van der Waals surface area contributed by atoms with E-state index in [0.717, 1.165) is 17.7 Å². The summed E-state index contributed by atoms with van der Waals surface area (Å²) in [6, 6.07) is 7.57. The molecule has 2 atom stereocenters. The van der Waals surface area contributed by atoms with Crippen molar-refractivity contribution in [3.63, 3.8) is 0 Å². The van der Waals surface area contributed by atoms with Crippen molar-refractivity contribution in [1.82, 2.24) is 4.90 Å². The molecule has 3 N–H and O–H groups in total. The first-order valence-electron chi connectivity index (χ1n) is 6.58. The molecule has 0 bridgehead atoms. The van der Waals surface area contributed by atoms with Crippen LogP contribution >= 0.6 is 12.4 Å². The molecule has 3 rings (SSSR count). The highest BCUT2D eigenvalue weighted by Crippen LogP contribution is 2.33. The molecule has 1 unspecified atom stereocenters. The van der Waals surface area contributed by atoms with E-state index < -0.39 is 0 Å². The van der Waals surface area contributed by atoms with E-state index in [1.165, 1.54) is 0 Å². The standard InChI is InChI=1S/C14H17N3O2.ClH/c15-9-5-6-17(8-9)14(19)11-7-13(18)16-12-4-2-1-3-10(11)12;/h1-4,9,11H,5-8,15H2,(H,16,18);1H/t9-,11?;/m1./s1. The van der Waals surface area contributed by atoms with Crippen molar-refractivity contribution >= 4 is 29.9 Å². The topological polar surface area (TPSA) is 75.4 Å². The van der Waals surface area contributed by atoms with Gasteiger partial charge in [-0.3, -0.25) is 9.59 Å². The van der Waals surface area contributed by atoms with Crippen LogP contribution in [0.4, 0.5) is 5.69 Å². The fourth-order valence-corrected chi connectivity index (χ4v) is 2.84. The SMILES string of the molecule is Cl.N[C@@H]1CCN(C(=O)C2CC(=O)Nc3ccccc32)C1. The van der Waals surface area contributed by atoms with Crippen molar-refractivity contribution < 1.29 is 9.59 Å². The molecule has 0 spiro atoms. The predicted octanol–water partition coefficient (Wildman–Crippen LogP) is 1.09. The summed E-state index contributed by atoms with van der Waals surface area (Å²) in [6.07, 6.45) is 1.06. The zero-order valence-corrected chi connectivity index (χ0v) is 11.9. The summed E-state index contributed by atoms with van der Waals surface area (Å²) in [5.74, 6) is -0.439. The van der Waals surface area contributed by atoms with Crippen LogP contribution in [0.3, 0.4) is 0 Å². The Hall–Kier alpha value is -1.59. The van der Waals surface area contributed by atoms with Crippen molar-refractivity contribution in [3.05, 3.63) is 29.8 Å². The lowest BCUT2D eigenvalue weighted by atomic mass is 9.89. The lowest BCUT2D eigenvalue weighted by Gasteiger charge is -2.28. The van der Waals surface area contributed by atoms with Gasteiger partial charge < -0.3 is 16.0 Å². The average Bonchev–Trinajstić information content (AvgIpc) is 2.83. The molecular weight excluding hydrogens is 278 g/mol. The van der Waals surface area contributed by atoms with Crippen molar-refractivity contribution in [3.8, 4) is 0 Å². The lowest BCUT2D eigenvalue weighted by molar-refractivity contribution is -0.134. The van der Waals surface area contributed by atoms with Crippen LogP contribution < -0.4 is 11.1 Å². The third kappa shape index (κ3) is 2.64. The molecule has 0 aliphatic carbocycles. The van der Waals surface area contributed by atoms with Crippen LogP contribution in [-0.2, 0) is 9.59 Å². The molecule has 2 amide bonds. The molecule has 0 aromatic heterocycles. The zero-order chi connectivity index (χ0) is 13.4. The van der Waals surface area contributed by atoms with Gasteiger partial charge in [0.05, 0.1) is 5.92 Å². The number of fused-ring (bicyclic) bond motifs is 1. The number of likely N-dealkylation sites (tertiary alicyclic amines) is 1. The maximum Gasteiger partial charge on any atom is 0.230 e. The number of rotatable bonds is 1. The van der Waals surface area contributed by atoms with Crippen molar-refractivity contribution in [2.24, 2.45) is 5.73 Å². The molecule has 0 radical (unpaired) electrons. The second-order valence-corrected chi connectivity index (χ2v) is 5.23. The smallest absolute Gasteiger partial charge is 0.230 e. The molecule has 5 nitrogen and oxygen atoms in total. The monoisotopic (exact) mass is 295 g/mol. The number of carbonyl (C=O) groups is 2. The van der Waals surface area contributed by atoms with Crippen LogP contribution in [0.25, 0.3) is 0 Å². The molecule has 2 aliphatic rings. The summed E-state index contributed by atoms with van der Waals surface area (Å²) in [7, 11) is 0. The Balaban J connectivity index is 0.00000147. The molecule has 0 saturated carbocycles. The molecule has 1 fully saturated rings. The fraction of sp³-hybridized carbons (Fsp3) is 0.429. The minimum Gasteiger partial charge on any atom is -0.341 e. The Bertz CT molecular complexity index is 535. The average molecular weight is 296 g/mol. The number of benzene rings is 1. The molecule has 2 heterocycles. The van der Waals surface area contributed by atoms with Gasteiger partial charge in [0.25, 0.3) is 0 Å². The maximum atomic E-state index is 12.5. The van der Waals surface area contributed by atoms with Gasteiger partial charge in [0.2, 0.25) is 11.8 Å². The minimum absolute atomic E-state index is 0. The van der Waals surface area contributed by atoms with Gasteiger partial charge in [-0.1, -0.05) is 18.2 Å². The number of para-hydroxylation sites is 1. The van der Waals surface area contributed by atoms with Gasteiger partial charge in [-0.2, -0.15) is 0 Å². The summed E-state index contributed by atoms with van der Waals surface area (Å²) in [5.41, 5.74) is 7.50. The van der Waals surface area contributed by atoms with Gasteiger partial charge in [-0.25, -0.2) is 0 Å². The Labute approximate surface area is 123 Å². The van der Waals surface area contributed by atoms with Gasteiger partial charge >= 0.3 is 0 Å². The minimum atomic E-state index is -0.366. The van der Waals surface area contributed by atoms with Crippen molar-refractivity contribution in [1.29, 1.82) is 0 Å². The number of hydrogen-bond donors (Lipinski definition) is 2. The van der Waals surface area contributed by atoms with Crippen molar-refractivity contribution in [2.75, 3.05) is 18.4 Å². The Morgan fingerprint density at radius 3 is 2.80 bits per heavy atom. The van der Waals surface area contributed by atoms with Gasteiger partial charge in [0, 0.05) is 31.2 Å². The van der Waals surface area contributed by atoms with Crippen LogP contribution in [0.2, 0.25) is 0 Å². The Kier molecular flexibility index (Phi) is 4.30. The van der Waals surface area contributed by atoms with E-state index in [-0.39, 0.29) is 42.6 Å². The highest BCUT2D eigenvalue weighted by Gasteiger charge is 2.35. The lowest BCUT2D eigenvalue weighted by Crippen LogP contribution is -2.38. The second-order valence-electron chi connectivity index (χ2n) is 5.23. The molecule has 2 aliphatic heterocycles. The molecule has 1 aromatic rings. The zero-order valence-electron chi connectivity index (χ0n) is 11.0. The quantitative estimate of drug-likeness (QED) is 0.814. The van der Waals surface area contributed by atoms with Crippen LogP contribution in [0, 0.1) is 0 Å². The van der Waals surface area contributed by atoms with Gasteiger partial charge in [0.15, 0.2) is 0 Å². The second kappa shape index (κ2) is 5.81. The highest BCUT2D eigenvalue weighted by atomic mass is 35.5. The molecule has 1 aromatic carbocycles. The fourth-order valence-electron chi connectivity index (χ4n) is 2.84. The molecule has 1 saturated heterocycles. The number of hydrogen-bond acceptors (Lipinski definition) is 3. The molecular formula is C14H18ClN3O2. The first-order valence-corrected chi connectivity index (χ1v) is 6.58. The van der Waals surface area contributed by atoms with Gasteiger partial charge in [-0.15, -0.1) is 12.4 Å². The number of carbonyl (C=O) groups excluding carboxylic acids is 2. The summed E-state index contributed by atoms with van der Waals surface area (Å²) >= 11 is 0. The van der Waals surface area contributed by atoms with Crippen molar-refractivity contribution in [2.45, 2.75) is 24.8 Å². The number of amides is 2. The number of anilines is 1. The molecule has 6 heteroatoms. The maximum absolute atomic E-state index is 12.5. The number of nitrogens with two attached hydrogens (primary N) is 1. The third-order valence-corrected chi connectivity index (χ3v) is 3.83. The van der Waals surface area contributed by atoms with E-state index in [9.17, 15) is 9.59 Å². The van der Waals surface area contributed by atoms with E-state index in [1.54, 1.807) is 4.90 Å². The summed E-state index contributed by atoms with van der Waals surface area (Å²) in [4.78, 5) is 26.0. The number of halogens is 1. The Morgan fingerprint density at radius 1 is 1.35 bits per heavy atom. The summed E-state index contributed by atoms with van der Waals surface area (Å²) in [6.45, 7) is 1.29. The van der Waals surface area contributed by atoms with E-state index >= 15 is 0 Å². The van der Waals surface area contributed by atoms with Crippen LogP contribution in [0.1, 0.15) is 24.3 Å². The first-order chi connectivity index (χ1) is 9.15. The highest BCUT2D eigenvalue weighted by molar-refractivity contribution is 6.01. The Morgan fingerprint density at radius 2 is 2.10 bits per heavy atom. The number of nitrogens with zero attached hydrogens (tertiary/aromatic N) is 1. The van der Waals surface area contributed by atoms with Gasteiger partial charge in [0.1, 0.15) is 0 Å². The third-order valence-electron chi connectivity index (χ3n) is 3.83. The molecule has 20 heavy (non-hydrogen) atoms. The van der Waals surface area contributed by atoms with E-state index in [0.29, 0.717) is 13.1 Å². The predicted molar refractivity (Wildman–Crippen MR) is 78.9 cm³/mol. The largest absolute Gasteiger partial charge is 0.341 e. The van der Waals surface area contributed by atoms with Crippen LogP contribution in [0.15, 0.2) is 24.3 Å². The van der Waals surface area contributed by atoms with E-state index in [4.69, 9.17) is 5.73 Å². The van der Waals surface area contributed by atoms with E-state index in [1.807, 2.05) is 24.3 Å². The first kappa shape index (κ1) is 14.8. The van der Waals surface area contributed by atoms with Crippen LogP contribution in [0.5, 0.6) is 0 Å². The normalized spacial score (nSPS) is 24.6. The van der Waals surface area contributed by atoms with E-state index in [2.05, 4.69) is 5.32 Å².